The lowest BCUT2D eigenvalue weighted by Gasteiger charge is -2.30. The van der Waals surface area contributed by atoms with Gasteiger partial charge in [-0.1, -0.05) is 60.7 Å². The van der Waals surface area contributed by atoms with Crippen LogP contribution in [-0.2, 0) is 11.2 Å². The Labute approximate surface area is 156 Å². The Hall–Kier alpha value is -2.17. The summed E-state index contributed by atoms with van der Waals surface area (Å²) in [5.41, 5.74) is 2.37. The second-order valence-corrected chi connectivity index (χ2v) is 6.88. The summed E-state index contributed by atoms with van der Waals surface area (Å²) in [7, 11) is 0. The van der Waals surface area contributed by atoms with Crippen LogP contribution in [0.3, 0.4) is 0 Å². The highest BCUT2D eigenvalue weighted by Gasteiger charge is 2.27. The van der Waals surface area contributed by atoms with Crippen molar-refractivity contribution in [2.75, 3.05) is 32.8 Å². The van der Waals surface area contributed by atoms with Crippen LogP contribution < -0.4 is 0 Å². The first-order valence-electron chi connectivity index (χ1n) is 9.49. The number of carbonyl (C=O) groups excluding carboxylic acids is 1. The third-order valence-corrected chi connectivity index (χ3v) is 5.14. The molecule has 2 aromatic carbocycles. The highest BCUT2D eigenvalue weighted by atomic mass is 16.3. The van der Waals surface area contributed by atoms with Crippen LogP contribution in [0.4, 0.5) is 0 Å². The molecule has 3 rings (SSSR count). The molecule has 0 spiro atoms. The van der Waals surface area contributed by atoms with Crippen LogP contribution in [0.2, 0.25) is 0 Å². The van der Waals surface area contributed by atoms with Crippen molar-refractivity contribution < 1.29 is 9.90 Å². The summed E-state index contributed by atoms with van der Waals surface area (Å²) in [6, 6.07) is 20.1. The maximum atomic E-state index is 12.6. The first-order valence-corrected chi connectivity index (χ1v) is 9.49. The van der Waals surface area contributed by atoms with Crippen molar-refractivity contribution in [1.29, 1.82) is 0 Å². The van der Waals surface area contributed by atoms with Gasteiger partial charge in [0, 0.05) is 26.1 Å². The van der Waals surface area contributed by atoms with Crippen LogP contribution in [-0.4, -0.2) is 53.6 Å². The van der Waals surface area contributed by atoms with Gasteiger partial charge >= 0.3 is 0 Å². The molecule has 1 N–H and O–H groups in total. The summed E-state index contributed by atoms with van der Waals surface area (Å²) in [6.07, 6.45) is 2.69. The molecular formula is C22H28N2O2. The molecule has 0 aliphatic carbocycles. The van der Waals surface area contributed by atoms with Crippen molar-refractivity contribution in [2.24, 2.45) is 0 Å². The molecule has 1 aliphatic rings. The van der Waals surface area contributed by atoms with Crippen LogP contribution in [0.15, 0.2) is 60.7 Å². The third-order valence-electron chi connectivity index (χ3n) is 5.14. The lowest BCUT2D eigenvalue weighted by atomic mass is 10.1. The largest absolute Gasteiger partial charge is 0.394 e. The molecule has 1 heterocycles. The fourth-order valence-electron chi connectivity index (χ4n) is 3.65. The number of benzene rings is 2. The van der Waals surface area contributed by atoms with E-state index in [-0.39, 0.29) is 18.6 Å². The van der Waals surface area contributed by atoms with E-state index in [2.05, 4.69) is 29.2 Å². The fourth-order valence-corrected chi connectivity index (χ4v) is 3.65. The zero-order chi connectivity index (χ0) is 18.2. The van der Waals surface area contributed by atoms with E-state index in [0.29, 0.717) is 13.0 Å². The highest BCUT2D eigenvalue weighted by molar-refractivity contribution is 5.77. The summed E-state index contributed by atoms with van der Waals surface area (Å²) in [4.78, 5) is 16.8. The van der Waals surface area contributed by atoms with Crippen molar-refractivity contribution >= 4 is 5.91 Å². The lowest BCUT2D eigenvalue weighted by molar-refractivity contribution is -0.133. The smallest absolute Gasteiger partial charge is 0.224 e. The first kappa shape index (κ1) is 18.6. The molecule has 0 radical (unpaired) electrons. The molecule has 1 aliphatic heterocycles. The van der Waals surface area contributed by atoms with Gasteiger partial charge < -0.3 is 14.9 Å². The van der Waals surface area contributed by atoms with Gasteiger partial charge in [0.2, 0.25) is 5.91 Å². The quantitative estimate of drug-likeness (QED) is 0.833. The van der Waals surface area contributed by atoms with Gasteiger partial charge in [-0.05, 0) is 30.5 Å². The van der Waals surface area contributed by atoms with Gasteiger partial charge in [0.25, 0.3) is 0 Å². The average Bonchev–Trinajstić information content (AvgIpc) is 2.87. The molecule has 138 valence electrons. The Kier molecular flexibility index (Phi) is 6.81. The van der Waals surface area contributed by atoms with Gasteiger partial charge in [-0.2, -0.15) is 0 Å². The molecule has 4 nitrogen and oxygen atoms in total. The number of carbonyl (C=O) groups is 1. The fraction of sp³-hybridized carbons (Fsp3) is 0.409. The average molecular weight is 352 g/mol. The van der Waals surface area contributed by atoms with Crippen molar-refractivity contribution in [3.63, 3.8) is 0 Å². The first-order chi connectivity index (χ1) is 12.8. The highest BCUT2D eigenvalue weighted by Crippen LogP contribution is 2.22. The number of aryl methyl sites for hydroxylation is 1. The standard InChI is InChI=1S/C22H28N2O2/c25-18-21(20-11-5-2-6-12-20)24-17-16-23(15-13-22(24)26)14-7-10-19-8-3-1-4-9-19/h1-6,8-9,11-12,21,25H,7,10,13-18H2/t21-/m1/s1. The Morgan fingerprint density at radius 1 is 0.923 bits per heavy atom. The van der Waals surface area contributed by atoms with Gasteiger partial charge in [-0.3, -0.25) is 4.79 Å². The molecule has 0 saturated carbocycles. The minimum absolute atomic E-state index is 0.0379. The molecule has 0 bridgehead atoms. The Balaban J connectivity index is 1.55. The summed E-state index contributed by atoms with van der Waals surface area (Å²) in [5, 5.41) is 9.87. The molecular weight excluding hydrogens is 324 g/mol. The normalized spacial score (nSPS) is 17.1. The van der Waals surface area contributed by atoms with Crippen LogP contribution in [0.5, 0.6) is 0 Å². The molecule has 4 heteroatoms. The van der Waals surface area contributed by atoms with Crippen LogP contribution >= 0.6 is 0 Å². The van der Waals surface area contributed by atoms with Crippen LogP contribution in [0.25, 0.3) is 0 Å². The van der Waals surface area contributed by atoms with Crippen molar-refractivity contribution in [3.8, 4) is 0 Å². The van der Waals surface area contributed by atoms with Crippen LogP contribution in [0.1, 0.15) is 30.0 Å². The molecule has 2 aromatic rings. The van der Waals surface area contributed by atoms with Crippen molar-refractivity contribution in [1.82, 2.24) is 9.80 Å². The SMILES string of the molecule is O=C1CCN(CCCc2ccccc2)CCN1[C@H](CO)c1ccccc1. The second-order valence-electron chi connectivity index (χ2n) is 6.88. The minimum Gasteiger partial charge on any atom is -0.394 e. The van der Waals surface area contributed by atoms with E-state index < -0.39 is 0 Å². The maximum Gasteiger partial charge on any atom is 0.224 e. The monoisotopic (exact) mass is 352 g/mol. The molecule has 0 aromatic heterocycles. The van der Waals surface area contributed by atoms with E-state index in [4.69, 9.17) is 0 Å². The zero-order valence-corrected chi connectivity index (χ0v) is 15.3. The van der Waals surface area contributed by atoms with E-state index >= 15 is 0 Å². The summed E-state index contributed by atoms with van der Waals surface area (Å²) < 4.78 is 0. The van der Waals surface area contributed by atoms with Gasteiger partial charge in [0.05, 0.1) is 12.6 Å². The number of amides is 1. The van der Waals surface area contributed by atoms with Crippen molar-refractivity contribution in [3.05, 3.63) is 71.8 Å². The number of aliphatic hydroxyl groups is 1. The van der Waals surface area contributed by atoms with E-state index in [1.165, 1.54) is 5.56 Å². The predicted octanol–water partition coefficient (Wildman–Crippen LogP) is 2.89. The Morgan fingerprint density at radius 3 is 2.31 bits per heavy atom. The number of hydrogen-bond donors (Lipinski definition) is 1. The molecule has 26 heavy (non-hydrogen) atoms. The maximum absolute atomic E-state index is 12.6. The molecule has 1 atom stereocenters. The Morgan fingerprint density at radius 2 is 1.62 bits per heavy atom. The van der Waals surface area contributed by atoms with Gasteiger partial charge in [-0.25, -0.2) is 0 Å². The zero-order valence-electron chi connectivity index (χ0n) is 15.3. The van der Waals surface area contributed by atoms with Gasteiger partial charge in [-0.15, -0.1) is 0 Å². The summed E-state index contributed by atoms with van der Waals surface area (Å²) >= 11 is 0. The predicted molar refractivity (Wildman–Crippen MR) is 104 cm³/mol. The Bertz CT molecular complexity index is 675. The molecule has 0 unspecified atom stereocenters. The number of rotatable bonds is 7. The van der Waals surface area contributed by atoms with Gasteiger partial charge in [0.15, 0.2) is 0 Å². The number of aliphatic hydroxyl groups excluding tert-OH is 1. The van der Waals surface area contributed by atoms with E-state index in [1.54, 1.807) is 0 Å². The molecule has 1 saturated heterocycles. The van der Waals surface area contributed by atoms with Crippen molar-refractivity contribution in [2.45, 2.75) is 25.3 Å². The van der Waals surface area contributed by atoms with Gasteiger partial charge in [0.1, 0.15) is 0 Å². The second kappa shape index (κ2) is 9.51. The van der Waals surface area contributed by atoms with E-state index in [1.807, 2.05) is 41.3 Å². The van der Waals surface area contributed by atoms with Crippen LogP contribution in [0, 0.1) is 0 Å². The summed E-state index contributed by atoms with van der Waals surface area (Å²) in [6.45, 7) is 3.31. The topological polar surface area (TPSA) is 43.8 Å². The molecule has 1 amide bonds. The number of hydrogen-bond acceptors (Lipinski definition) is 3. The van der Waals surface area contributed by atoms with E-state index in [0.717, 1.165) is 38.0 Å². The number of nitrogens with zero attached hydrogens (tertiary/aromatic N) is 2. The lowest BCUT2D eigenvalue weighted by Crippen LogP contribution is -2.38. The minimum atomic E-state index is -0.243. The van der Waals surface area contributed by atoms with E-state index in [9.17, 15) is 9.90 Å². The third kappa shape index (κ3) is 4.93. The summed E-state index contributed by atoms with van der Waals surface area (Å²) in [5.74, 6) is 0.137. The molecule has 1 fully saturated rings.